The van der Waals surface area contributed by atoms with Crippen LogP contribution in [-0.4, -0.2) is 29.7 Å². The van der Waals surface area contributed by atoms with Crippen LogP contribution in [-0.2, 0) is 4.79 Å². The number of anilines is 2. The Morgan fingerprint density at radius 2 is 1.81 bits per heavy atom. The minimum Gasteiger partial charge on any atom is -0.497 e. The fraction of sp³-hybridized carbons (Fsp3) is 0.125. The lowest BCUT2D eigenvalue weighted by Gasteiger charge is -2.07. The van der Waals surface area contributed by atoms with Crippen LogP contribution in [0.15, 0.2) is 71.1 Å². The van der Waals surface area contributed by atoms with Crippen molar-refractivity contribution in [2.75, 3.05) is 23.5 Å². The normalized spacial score (nSPS) is 10.7. The number of amides is 2. The highest BCUT2D eigenvalue weighted by molar-refractivity contribution is 8.01. The monoisotopic (exact) mass is 463 g/mol. The molecule has 32 heavy (non-hydrogen) atoms. The minimum absolute atomic E-state index is 0.117. The number of carbonyl (C=O) groups excluding carboxylic acids is 2. The fourth-order valence-electron chi connectivity index (χ4n) is 3.09. The van der Waals surface area contributed by atoms with Gasteiger partial charge in [-0.15, -0.1) is 11.3 Å². The van der Waals surface area contributed by atoms with E-state index in [1.54, 1.807) is 19.2 Å². The topological polar surface area (TPSA) is 80.3 Å². The number of aromatic nitrogens is 1. The Morgan fingerprint density at radius 3 is 2.62 bits per heavy atom. The first-order valence-electron chi connectivity index (χ1n) is 9.86. The van der Waals surface area contributed by atoms with Crippen LogP contribution in [0.2, 0.25) is 0 Å². The van der Waals surface area contributed by atoms with Crippen molar-refractivity contribution in [3.8, 4) is 5.75 Å². The van der Waals surface area contributed by atoms with Crippen molar-refractivity contribution in [1.82, 2.24) is 4.98 Å². The second-order valence-electron chi connectivity index (χ2n) is 7.00. The number of benzene rings is 3. The lowest BCUT2D eigenvalue weighted by atomic mass is 10.1. The second-order valence-corrected chi connectivity index (χ2v) is 9.25. The number of rotatable bonds is 7. The maximum Gasteiger partial charge on any atom is 0.255 e. The Hall–Kier alpha value is -3.36. The summed E-state index contributed by atoms with van der Waals surface area (Å²) in [6.45, 7) is 1.91. The quantitative estimate of drug-likeness (QED) is 0.349. The van der Waals surface area contributed by atoms with Crippen LogP contribution < -0.4 is 15.4 Å². The molecular formula is C24H21N3O3S2. The van der Waals surface area contributed by atoms with E-state index in [1.807, 2.05) is 61.5 Å². The van der Waals surface area contributed by atoms with Gasteiger partial charge in [-0.2, -0.15) is 0 Å². The summed E-state index contributed by atoms with van der Waals surface area (Å²) in [5, 5.41) is 5.81. The average Bonchev–Trinajstić information content (AvgIpc) is 3.20. The van der Waals surface area contributed by atoms with Crippen molar-refractivity contribution in [2.45, 2.75) is 11.3 Å². The van der Waals surface area contributed by atoms with E-state index >= 15 is 0 Å². The number of carbonyl (C=O) groups is 2. The molecule has 0 radical (unpaired) electrons. The SMILES string of the molecule is COc1cccc(NC(=O)CSc2nc3ccc(NC(=O)c4ccccc4C)cc3s2)c1. The number of thiazole rings is 1. The molecule has 0 aliphatic rings. The lowest BCUT2D eigenvalue weighted by Crippen LogP contribution is -2.13. The first-order valence-corrected chi connectivity index (χ1v) is 11.7. The molecule has 0 unspecified atom stereocenters. The van der Waals surface area contributed by atoms with Gasteiger partial charge in [0.05, 0.1) is 23.1 Å². The summed E-state index contributed by atoms with van der Waals surface area (Å²) in [5.41, 5.74) is 3.81. The van der Waals surface area contributed by atoms with Gasteiger partial charge in [0.15, 0.2) is 4.34 Å². The maximum absolute atomic E-state index is 12.6. The third-order valence-corrected chi connectivity index (χ3v) is 6.86. The van der Waals surface area contributed by atoms with E-state index in [1.165, 1.54) is 23.1 Å². The number of ether oxygens (including phenoxy) is 1. The van der Waals surface area contributed by atoms with Crippen LogP contribution in [0.1, 0.15) is 15.9 Å². The summed E-state index contributed by atoms with van der Waals surface area (Å²) < 4.78 is 6.91. The standard InChI is InChI=1S/C24H21N3O3S2/c1-15-6-3-4-9-19(15)23(29)26-17-10-11-20-21(13-17)32-24(27-20)31-14-22(28)25-16-7-5-8-18(12-16)30-2/h3-13H,14H2,1-2H3,(H,25,28)(H,26,29). The predicted molar refractivity (Wildman–Crippen MR) is 131 cm³/mol. The summed E-state index contributed by atoms with van der Waals surface area (Å²) in [4.78, 5) is 29.4. The molecule has 0 spiro atoms. The van der Waals surface area contributed by atoms with E-state index in [9.17, 15) is 9.59 Å². The second kappa shape index (κ2) is 9.84. The van der Waals surface area contributed by atoms with Crippen molar-refractivity contribution in [1.29, 1.82) is 0 Å². The summed E-state index contributed by atoms with van der Waals surface area (Å²) in [6, 6.07) is 20.3. The molecule has 6 nitrogen and oxygen atoms in total. The zero-order valence-corrected chi connectivity index (χ0v) is 19.2. The van der Waals surface area contributed by atoms with Gasteiger partial charge in [0.2, 0.25) is 5.91 Å². The van der Waals surface area contributed by atoms with Crippen molar-refractivity contribution in [2.24, 2.45) is 0 Å². The van der Waals surface area contributed by atoms with Crippen LogP contribution in [0.5, 0.6) is 5.75 Å². The van der Waals surface area contributed by atoms with E-state index in [-0.39, 0.29) is 17.6 Å². The van der Waals surface area contributed by atoms with E-state index < -0.39 is 0 Å². The summed E-state index contributed by atoms with van der Waals surface area (Å²) >= 11 is 2.87. The molecule has 4 aromatic rings. The molecule has 8 heteroatoms. The first-order chi connectivity index (χ1) is 15.5. The Labute approximate surface area is 194 Å². The van der Waals surface area contributed by atoms with E-state index in [0.29, 0.717) is 22.7 Å². The van der Waals surface area contributed by atoms with Crippen LogP contribution in [0, 0.1) is 6.92 Å². The molecule has 0 bridgehead atoms. The molecule has 1 heterocycles. The minimum atomic E-state index is -0.143. The van der Waals surface area contributed by atoms with Crippen LogP contribution in [0.25, 0.3) is 10.2 Å². The Morgan fingerprint density at radius 1 is 1.00 bits per heavy atom. The van der Waals surface area contributed by atoms with E-state index in [2.05, 4.69) is 15.6 Å². The lowest BCUT2D eigenvalue weighted by molar-refractivity contribution is -0.113. The van der Waals surface area contributed by atoms with E-state index in [4.69, 9.17) is 4.74 Å². The summed E-state index contributed by atoms with van der Waals surface area (Å²) in [5.74, 6) is 0.671. The molecule has 2 N–H and O–H groups in total. The van der Waals surface area contributed by atoms with Crippen LogP contribution in [0.3, 0.4) is 0 Å². The molecule has 0 aliphatic carbocycles. The molecule has 1 aromatic heterocycles. The highest BCUT2D eigenvalue weighted by atomic mass is 32.2. The molecule has 162 valence electrons. The van der Waals surface area contributed by atoms with Gasteiger partial charge in [0.25, 0.3) is 5.91 Å². The zero-order chi connectivity index (χ0) is 22.5. The number of hydrogen-bond acceptors (Lipinski definition) is 6. The number of aryl methyl sites for hydroxylation is 1. The smallest absolute Gasteiger partial charge is 0.255 e. The number of fused-ring (bicyclic) bond motifs is 1. The Balaban J connectivity index is 1.39. The van der Waals surface area contributed by atoms with Gasteiger partial charge in [0, 0.05) is 23.0 Å². The number of nitrogens with zero attached hydrogens (tertiary/aromatic N) is 1. The molecule has 2 amide bonds. The molecule has 0 saturated heterocycles. The largest absolute Gasteiger partial charge is 0.497 e. The van der Waals surface area contributed by atoms with Gasteiger partial charge in [-0.1, -0.05) is 36.0 Å². The van der Waals surface area contributed by atoms with Crippen molar-refractivity contribution >= 4 is 56.5 Å². The van der Waals surface area contributed by atoms with Crippen LogP contribution >= 0.6 is 23.1 Å². The maximum atomic E-state index is 12.6. The Bertz CT molecular complexity index is 1290. The van der Waals surface area contributed by atoms with Gasteiger partial charge in [-0.05, 0) is 48.9 Å². The van der Waals surface area contributed by atoms with Gasteiger partial charge in [0.1, 0.15) is 5.75 Å². The number of thioether (sulfide) groups is 1. The van der Waals surface area contributed by atoms with Gasteiger partial charge < -0.3 is 15.4 Å². The highest BCUT2D eigenvalue weighted by Crippen LogP contribution is 2.31. The first kappa shape index (κ1) is 21.9. The number of hydrogen-bond donors (Lipinski definition) is 2. The van der Waals surface area contributed by atoms with Crippen molar-refractivity contribution < 1.29 is 14.3 Å². The summed E-state index contributed by atoms with van der Waals surface area (Å²) in [6.07, 6.45) is 0. The number of nitrogens with one attached hydrogen (secondary N) is 2. The van der Waals surface area contributed by atoms with Gasteiger partial charge in [-0.25, -0.2) is 4.98 Å². The van der Waals surface area contributed by atoms with E-state index in [0.717, 1.165) is 20.1 Å². The Kier molecular flexibility index (Phi) is 6.72. The molecule has 0 atom stereocenters. The van der Waals surface area contributed by atoms with Crippen molar-refractivity contribution in [3.05, 3.63) is 77.9 Å². The fourth-order valence-corrected chi connectivity index (χ4v) is 5.00. The molecule has 0 fully saturated rings. The van der Waals surface area contributed by atoms with Gasteiger partial charge in [-0.3, -0.25) is 9.59 Å². The zero-order valence-electron chi connectivity index (χ0n) is 17.5. The molecule has 0 saturated carbocycles. The third-order valence-electron chi connectivity index (χ3n) is 4.70. The van der Waals surface area contributed by atoms with Crippen LogP contribution in [0.4, 0.5) is 11.4 Å². The molecular weight excluding hydrogens is 442 g/mol. The number of methoxy groups -OCH3 is 1. The predicted octanol–water partition coefficient (Wildman–Crippen LogP) is 5.60. The van der Waals surface area contributed by atoms with Gasteiger partial charge >= 0.3 is 0 Å². The molecule has 3 aromatic carbocycles. The average molecular weight is 464 g/mol. The molecule has 4 rings (SSSR count). The third kappa shape index (κ3) is 5.27. The van der Waals surface area contributed by atoms with Crippen molar-refractivity contribution in [3.63, 3.8) is 0 Å². The molecule has 0 aliphatic heterocycles. The highest BCUT2D eigenvalue weighted by Gasteiger charge is 2.12. The summed E-state index contributed by atoms with van der Waals surface area (Å²) in [7, 11) is 1.59.